The number of hydrogen-bond donors (Lipinski definition) is 0. The molecule has 2 nitrogen and oxygen atoms in total. The summed E-state index contributed by atoms with van der Waals surface area (Å²) in [7, 11) is 0. The minimum absolute atomic E-state index is 0.0833. The fraction of sp³-hybridized carbons (Fsp3) is 0.0233. The van der Waals surface area contributed by atoms with Gasteiger partial charge in [-0.1, -0.05) is 121 Å². The maximum absolute atomic E-state index is 6.57. The topological polar surface area (TPSA) is 18.1 Å². The van der Waals surface area contributed by atoms with Gasteiger partial charge in [0.25, 0.3) is 0 Å². The van der Waals surface area contributed by atoms with Crippen LogP contribution in [0.25, 0.3) is 71.7 Å². The molecule has 0 radical (unpaired) electrons. The largest absolute Gasteiger partial charge is 0.456 e. The van der Waals surface area contributed by atoms with E-state index in [1.807, 2.05) is 6.07 Å². The Labute approximate surface area is 260 Å². The predicted octanol–water partition coefficient (Wildman–Crippen LogP) is 11.5. The number of hydrogen-bond acceptors (Lipinski definition) is 1. The average molecular weight is 574 g/mol. The van der Waals surface area contributed by atoms with Gasteiger partial charge in [0.1, 0.15) is 11.2 Å². The van der Waals surface area contributed by atoms with E-state index in [2.05, 4.69) is 156 Å². The van der Waals surface area contributed by atoms with Crippen molar-refractivity contribution < 1.29 is 4.42 Å². The highest BCUT2D eigenvalue weighted by molar-refractivity contribution is 6.10. The van der Waals surface area contributed by atoms with Crippen LogP contribution >= 0.6 is 0 Å². The van der Waals surface area contributed by atoms with E-state index in [-0.39, 0.29) is 5.92 Å². The van der Waals surface area contributed by atoms with E-state index in [9.17, 15) is 0 Å². The molecule has 2 heterocycles. The smallest absolute Gasteiger partial charge is 0.139 e. The maximum atomic E-state index is 6.57. The molecule has 1 aliphatic rings. The van der Waals surface area contributed by atoms with Crippen LogP contribution in [0, 0.1) is 0 Å². The third-order valence-electron chi connectivity index (χ3n) is 9.69. The average Bonchev–Trinajstić information content (AvgIpc) is 3.76. The number of para-hydroxylation sites is 4. The fourth-order valence-electron chi connectivity index (χ4n) is 7.72. The van der Waals surface area contributed by atoms with E-state index in [1.54, 1.807) is 0 Å². The van der Waals surface area contributed by atoms with Crippen LogP contribution < -0.4 is 0 Å². The molecule has 0 saturated heterocycles. The summed E-state index contributed by atoms with van der Waals surface area (Å²) in [4.78, 5) is 0. The molecule has 0 saturated carbocycles. The SMILES string of the molecule is c1ccc(-n2c3ccccc3c3ccc(-c4ccc5c(c4)C(c4cccc6c4oc4ccccc46)c4ccccc4-5)cc32)cc1. The Morgan fingerprint density at radius 3 is 2.02 bits per heavy atom. The molecule has 0 amide bonds. The van der Waals surface area contributed by atoms with Crippen LogP contribution in [0.2, 0.25) is 0 Å². The van der Waals surface area contributed by atoms with E-state index in [1.165, 1.54) is 71.8 Å². The van der Waals surface area contributed by atoms with Crippen molar-refractivity contribution >= 4 is 43.7 Å². The first kappa shape index (κ1) is 24.6. The van der Waals surface area contributed by atoms with Crippen LogP contribution in [0.4, 0.5) is 0 Å². The Morgan fingerprint density at radius 2 is 1.09 bits per heavy atom. The van der Waals surface area contributed by atoms with E-state index in [0.29, 0.717) is 0 Å². The van der Waals surface area contributed by atoms with Gasteiger partial charge in [-0.2, -0.15) is 0 Å². The molecule has 9 aromatic rings. The monoisotopic (exact) mass is 573 g/mol. The third kappa shape index (κ3) is 3.51. The van der Waals surface area contributed by atoms with Gasteiger partial charge in [-0.25, -0.2) is 0 Å². The van der Waals surface area contributed by atoms with Gasteiger partial charge in [-0.15, -0.1) is 0 Å². The van der Waals surface area contributed by atoms with E-state index in [4.69, 9.17) is 4.42 Å². The van der Waals surface area contributed by atoms with Crippen LogP contribution in [-0.2, 0) is 0 Å². The molecule has 2 aromatic heterocycles. The van der Waals surface area contributed by atoms with Crippen molar-refractivity contribution in [3.63, 3.8) is 0 Å². The summed E-state index contributed by atoms with van der Waals surface area (Å²) in [6, 6.07) is 57.2. The zero-order valence-corrected chi connectivity index (χ0v) is 24.4. The number of rotatable bonds is 3. The first-order chi connectivity index (χ1) is 22.3. The van der Waals surface area contributed by atoms with Crippen LogP contribution in [-0.4, -0.2) is 4.57 Å². The number of fused-ring (bicyclic) bond motifs is 9. The molecule has 10 rings (SSSR count). The summed E-state index contributed by atoms with van der Waals surface area (Å²) in [6.45, 7) is 0. The van der Waals surface area contributed by atoms with E-state index >= 15 is 0 Å². The van der Waals surface area contributed by atoms with Gasteiger partial charge in [-0.3, -0.25) is 0 Å². The summed E-state index contributed by atoms with van der Waals surface area (Å²) in [5.74, 6) is 0.0833. The van der Waals surface area contributed by atoms with Crippen molar-refractivity contribution in [2.75, 3.05) is 0 Å². The van der Waals surface area contributed by atoms with Crippen molar-refractivity contribution in [3.05, 3.63) is 174 Å². The molecule has 0 fully saturated rings. The second-order valence-electron chi connectivity index (χ2n) is 12.1. The normalized spacial score (nSPS) is 14.0. The van der Waals surface area contributed by atoms with Gasteiger partial charge in [-0.05, 0) is 69.8 Å². The molecular formula is C43H27NO. The minimum atomic E-state index is 0.0833. The molecule has 1 unspecified atom stereocenters. The van der Waals surface area contributed by atoms with Crippen molar-refractivity contribution in [1.29, 1.82) is 0 Å². The highest BCUT2D eigenvalue weighted by atomic mass is 16.3. The van der Waals surface area contributed by atoms with Gasteiger partial charge in [0, 0.05) is 38.7 Å². The molecule has 0 bridgehead atoms. The minimum Gasteiger partial charge on any atom is -0.456 e. The lowest BCUT2D eigenvalue weighted by Gasteiger charge is -2.16. The lowest BCUT2D eigenvalue weighted by Crippen LogP contribution is -2.00. The van der Waals surface area contributed by atoms with Crippen LogP contribution in [0.5, 0.6) is 0 Å². The molecule has 7 aromatic carbocycles. The molecule has 0 N–H and O–H groups in total. The summed E-state index contributed by atoms with van der Waals surface area (Å²) in [5.41, 5.74) is 14.4. The summed E-state index contributed by atoms with van der Waals surface area (Å²) >= 11 is 0. The molecule has 1 atom stereocenters. The highest BCUT2D eigenvalue weighted by Crippen LogP contribution is 2.51. The molecule has 0 aliphatic heterocycles. The number of aromatic nitrogens is 1. The van der Waals surface area contributed by atoms with Gasteiger partial charge in [0.2, 0.25) is 0 Å². The lowest BCUT2D eigenvalue weighted by molar-refractivity contribution is 0.661. The molecule has 210 valence electrons. The Hall–Kier alpha value is -5.86. The second kappa shape index (κ2) is 9.32. The highest BCUT2D eigenvalue weighted by Gasteiger charge is 2.32. The van der Waals surface area contributed by atoms with Crippen molar-refractivity contribution in [1.82, 2.24) is 4.57 Å². The summed E-state index contributed by atoms with van der Waals surface area (Å²) in [5, 5.41) is 4.87. The Bertz CT molecular complexity index is 2600. The second-order valence-corrected chi connectivity index (χ2v) is 12.1. The predicted molar refractivity (Wildman–Crippen MR) is 186 cm³/mol. The zero-order valence-electron chi connectivity index (χ0n) is 24.4. The van der Waals surface area contributed by atoms with Gasteiger partial charge >= 0.3 is 0 Å². The summed E-state index contributed by atoms with van der Waals surface area (Å²) < 4.78 is 8.96. The molecule has 1 aliphatic carbocycles. The third-order valence-corrected chi connectivity index (χ3v) is 9.69. The molecule has 0 spiro atoms. The van der Waals surface area contributed by atoms with Crippen LogP contribution in [0.1, 0.15) is 22.6 Å². The molecular weight excluding hydrogens is 546 g/mol. The van der Waals surface area contributed by atoms with E-state index in [0.717, 1.165) is 16.6 Å². The Kier molecular flexibility index (Phi) is 5.09. The maximum Gasteiger partial charge on any atom is 0.139 e. The molecule has 45 heavy (non-hydrogen) atoms. The zero-order chi connectivity index (χ0) is 29.5. The first-order valence-corrected chi connectivity index (χ1v) is 15.6. The van der Waals surface area contributed by atoms with Gasteiger partial charge in [0.15, 0.2) is 0 Å². The van der Waals surface area contributed by atoms with Gasteiger partial charge in [0.05, 0.1) is 11.0 Å². The lowest BCUT2D eigenvalue weighted by atomic mass is 9.87. The van der Waals surface area contributed by atoms with Gasteiger partial charge < -0.3 is 8.98 Å². The Morgan fingerprint density at radius 1 is 0.422 bits per heavy atom. The first-order valence-electron chi connectivity index (χ1n) is 15.6. The van der Waals surface area contributed by atoms with Crippen LogP contribution in [0.15, 0.2) is 162 Å². The Balaban J connectivity index is 1.19. The van der Waals surface area contributed by atoms with E-state index < -0.39 is 0 Å². The number of benzene rings is 7. The quantitative estimate of drug-likeness (QED) is 0.206. The molecule has 2 heteroatoms. The number of furan rings is 1. The van der Waals surface area contributed by atoms with Crippen LogP contribution in [0.3, 0.4) is 0 Å². The standard InChI is InChI=1S/C43H27NO/c1-2-11-29(12-3-1)44-39-19-8-6-14-32(39)33-24-22-28(26-40(33)44)27-21-23-31-30-13-4-5-16-35(30)42(38(31)25-27)37-18-10-17-36-34-15-7-9-20-41(34)45-43(36)37/h1-26,42H. The summed E-state index contributed by atoms with van der Waals surface area (Å²) in [6.07, 6.45) is 0. The number of nitrogens with zero attached hydrogens (tertiary/aromatic N) is 1. The van der Waals surface area contributed by atoms with Crippen molar-refractivity contribution in [2.45, 2.75) is 5.92 Å². The van der Waals surface area contributed by atoms with Crippen molar-refractivity contribution in [3.8, 4) is 27.9 Å². The van der Waals surface area contributed by atoms with Crippen molar-refractivity contribution in [2.24, 2.45) is 0 Å². The fourth-order valence-corrected chi connectivity index (χ4v) is 7.72.